The van der Waals surface area contributed by atoms with E-state index in [4.69, 9.17) is 0 Å². The molecule has 0 bridgehead atoms. The van der Waals surface area contributed by atoms with Crippen LogP contribution < -0.4 is 14.8 Å². The molecule has 0 saturated heterocycles. The molecule has 1 aromatic carbocycles. The third-order valence-electron chi connectivity index (χ3n) is 3.22. The molecule has 5 heteroatoms. The number of hydrogen-bond acceptors (Lipinski definition) is 3. The highest BCUT2D eigenvalue weighted by atomic mass is 32.1. The van der Waals surface area contributed by atoms with E-state index in [2.05, 4.69) is 0 Å². The summed E-state index contributed by atoms with van der Waals surface area (Å²) >= 11 is 1.25. The Morgan fingerprint density at radius 1 is 1.23 bits per heavy atom. The van der Waals surface area contributed by atoms with E-state index in [1.165, 1.54) is 34.1 Å². The molecule has 0 saturated carbocycles. The van der Waals surface area contributed by atoms with Crippen LogP contribution in [0.5, 0.6) is 0 Å². The van der Waals surface area contributed by atoms with Crippen LogP contribution >= 0.6 is 11.3 Å². The maximum Gasteiger partial charge on any atom is 0.268 e. The minimum atomic E-state index is -0.485. The SMILES string of the molecule is Cn1c(=CC(=O)C(C)(C)C)sc(=Cc2ccc(F)cc2)c1=O. The van der Waals surface area contributed by atoms with E-state index in [1.54, 1.807) is 25.3 Å². The normalized spacial score (nSPS) is 13.7. The Kier molecular flexibility index (Phi) is 4.47. The van der Waals surface area contributed by atoms with Crippen molar-refractivity contribution in [1.82, 2.24) is 4.57 Å². The molecule has 0 unspecified atom stereocenters. The number of Topliss-reactive ketones (excluding diaryl/α,β-unsaturated/α-hetero) is 1. The summed E-state index contributed by atoms with van der Waals surface area (Å²) in [6, 6.07) is 5.91. The zero-order valence-electron chi connectivity index (χ0n) is 13.0. The molecule has 22 heavy (non-hydrogen) atoms. The first kappa shape index (κ1) is 16.4. The molecule has 0 aliphatic rings. The molecular weight excluding hydrogens is 301 g/mol. The molecule has 3 nitrogen and oxygen atoms in total. The molecule has 0 amide bonds. The first-order chi connectivity index (χ1) is 10.2. The van der Waals surface area contributed by atoms with Crippen molar-refractivity contribution in [2.45, 2.75) is 20.8 Å². The van der Waals surface area contributed by atoms with E-state index in [1.807, 2.05) is 20.8 Å². The number of carbonyl (C=O) groups is 1. The summed E-state index contributed by atoms with van der Waals surface area (Å²) in [6.45, 7) is 5.51. The number of carbonyl (C=O) groups excluding carboxylic acids is 1. The molecule has 0 aliphatic carbocycles. The number of nitrogens with zero attached hydrogens (tertiary/aromatic N) is 1. The average Bonchev–Trinajstić information content (AvgIpc) is 2.69. The molecule has 0 aliphatic heterocycles. The number of benzene rings is 1. The Morgan fingerprint density at radius 2 is 1.82 bits per heavy atom. The Bertz CT molecular complexity index is 867. The van der Waals surface area contributed by atoms with Crippen molar-refractivity contribution >= 4 is 29.3 Å². The van der Waals surface area contributed by atoms with Crippen LogP contribution in [0.3, 0.4) is 0 Å². The summed E-state index contributed by atoms with van der Waals surface area (Å²) in [4.78, 5) is 24.3. The Labute approximate surface area is 132 Å². The predicted molar refractivity (Wildman–Crippen MR) is 87.7 cm³/mol. The molecule has 116 valence electrons. The van der Waals surface area contributed by atoms with Gasteiger partial charge in [0.25, 0.3) is 5.56 Å². The lowest BCUT2D eigenvalue weighted by atomic mass is 9.91. The van der Waals surface area contributed by atoms with Gasteiger partial charge in [-0.25, -0.2) is 4.39 Å². The summed E-state index contributed by atoms with van der Waals surface area (Å²) in [6.07, 6.45) is 3.21. The second-order valence-corrected chi connectivity index (χ2v) is 7.19. The molecule has 0 N–H and O–H groups in total. The molecule has 0 fully saturated rings. The highest BCUT2D eigenvalue weighted by molar-refractivity contribution is 7.07. The second kappa shape index (κ2) is 6.01. The fourth-order valence-corrected chi connectivity index (χ4v) is 2.78. The molecule has 1 aromatic heterocycles. The lowest BCUT2D eigenvalue weighted by Crippen LogP contribution is -2.30. The second-order valence-electron chi connectivity index (χ2n) is 6.12. The highest BCUT2D eigenvalue weighted by Gasteiger charge is 2.19. The van der Waals surface area contributed by atoms with Gasteiger partial charge in [-0.1, -0.05) is 32.9 Å². The average molecular weight is 319 g/mol. The fraction of sp³-hybridized carbons (Fsp3) is 0.294. The van der Waals surface area contributed by atoms with E-state index < -0.39 is 5.41 Å². The van der Waals surface area contributed by atoms with E-state index in [0.717, 1.165) is 5.56 Å². The van der Waals surface area contributed by atoms with Crippen molar-refractivity contribution < 1.29 is 9.18 Å². The van der Waals surface area contributed by atoms with Crippen LogP contribution in [-0.4, -0.2) is 10.4 Å². The van der Waals surface area contributed by atoms with Gasteiger partial charge in [-0.15, -0.1) is 11.3 Å². The van der Waals surface area contributed by atoms with Gasteiger partial charge in [0.05, 0.1) is 4.53 Å². The third-order valence-corrected chi connectivity index (χ3v) is 4.34. The van der Waals surface area contributed by atoms with Gasteiger partial charge in [-0.05, 0) is 23.8 Å². The quantitative estimate of drug-likeness (QED) is 0.847. The van der Waals surface area contributed by atoms with Gasteiger partial charge < -0.3 is 4.57 Å². The molecule has 2 aromatic rings. The molecule has 2 rings (SSSR count). The van der Waals surface area contributed by atoms with Crippen LogP contribution in [0.15, 0.2) is 29.1 Å². The van der Waals surface area contributed by atoms with Crippen molar-refractivity contribution in [2.75, 3.05) is 0 Å². The number of rotatable bonds is 2. The van der Waals surface area contributed by atoms with Crippen LogP contribution in [0, 0.1) is 11.2 Å². The van der Waals surface area contributed by atoms with Crippen LogP contribution in [0.2, 0.25) is 0 Å². The summed E-state index contributed by atoms with van der Waals surface area (Å²) in [5, 5.41) is 0. The first-order valence-corrected chi connectivity index (χ1v) is 7.69. The first-order valence-electron chi connectivity index (χ1n) is 6.88. The summed E-state index contributed by atoms with van der Waals surface area (Å²) < 4.78 is 15.5. The molecule has 0 spiro atoms. The van der Waals surface area contributed by atoms with Crippen molar-refractivity contribution in [1.29, 1.82) is 0 Å². The van der Waals surface area contributed by atoms with E-state index in [0.29, 0.717) is 9.20 Å². The van der Waals surface area contributed by atoms with Crippen LogP contribution in [0.4, 0.5) is 4.39 Å². The Hall–Kier alpha value is -2.01. The van der Waals surface area contributed by atoms with Crippen molar-refractivity contribution in [3.05, 3.63) is 55.2 Å². The lowest BCUT2D eigenvalue weighted by molar-refractivity contribution is -0.120. The topological polar surface area (TPSA) is 39.1 Å². The number of ketones is 1. The smallest absolute Gasteiger partial charge is 0.268 e. The highest BCUT2D eigenvalue weighted by Crippen LogP contribution is 2.14. The van der Waals surface area contributed by atoms with Gasteiger partial charge in [-0.3, -0.25) is 9.59 Å². The Morgan fingerprint density at radius 3 is 2.36 bits per heavy atom. The number of aromatic nitrogens is 1. The van der Waals surface area contributed by atoms with E-state index in [-0.39, 0.29) is 17.2 Å². The van der Waals surface area contributed by atoms with Gasteiger partial charge >= 0.3 is 0 Å². The fourth-order valence-electron chi connectivity index (χ4n) is 1.75. The third kappa shape index (κ3) is 3.60. The number of hydrogen-bond donors (Lipinski definition) is 0. The van der Waals surface area contributed by atoms with Gasteiger partial charge in [0.1, 0.15) is 10.5 Å². The van der Waals surface area contributed by atoms with E-state index >= 15 is 0 Å². The van der Waals surface area contributed by atoms with Crippen molar-refractivity contribution in [3.8, 4) is 0 Å². The van der Waals surface area contributed by atoms with Crippen molar-refractivity contribution in [3.63, 3.8) is 0 Å². The molecule has 1 heterocycles. The van der Waals surface area contributed by atoms with Crippen LogP contribution in [-0.2, 0) is 11.8 Å². The minimum Gasteiger partial charge on any atom is -0.302 e. The number of halogens is 1. The lowest BCUT2D eigenvalue weighted by Gasteiger charge is -2.12. The zero-order valence-corrected chi connectivity index (χ0v) is 13.8. The largest absolute Gasteiger partial charge is 0.302 e. The van der Waals surface area contributed by atoms with Gasteiger partial charge in [0, 0.05) is 18.5 Å². The van der Waals surface area contributed by atoms with E-state index in [9.17, 15) is 14.0 Å². The standard InChI is InChI=1S/C17H18FNO2S/c1-17(2,3)14(20)10-15-19(4)16(21)13(22-15)9-11-5-7-12(18)8-6-11/h5-10H,1-4H3. The van der Waals surface area contributed by atoms with Crippen molar-refractivity contribution in [2.24, 2.45) is 12.5 Å². The van der Waals surface area contributed by atoms with Gasteiger partial charge in [0.15, 0.2) is 5.78 Å². The summed E-state index contributed by atoms with van der Waals surface area (Å²) in [5.74, 6) is -0.348. The maximum atomic E-state index is 12.9. The van der Waals surface area contributed by atoms with Crippen LogP contribution in [0.25, 0.3) is 12.2 Å². The maximum absolute atomic E-state index is 12.9. The molecular formula is C17H18FNO2S. The number of thiazole rings is 1. The zero-order chi connectivity index (χ0) is 16.5. The monoisotopic (exact) mass is 319 g/mol. The Balaban J connectivity index is 2.56. The molecule has 0 atom stereocenters. The van der Waals surface area contributed by atoms with Crippen LogP contribution in [0.1, 0.15) is 26.3 Å². The summed E-state index contributed by atoms with van der Waals surface area (Å²) in [5.41, 5.74) is 0.0947. The molecule has 0 radical (unpaired) electrons. The van der Waals surface area contributed by atoms with Gasteiger partial charge in [0.2, 0.25) is 0 Å². The summed E-state index contributed by atoms with van der Waals surface area (Å²) in [7, 11) is 1.64. The minimum absolute atomic E-state index is 0.0299. The predicted octanol–water partition coefficient (Wildman–Crippen LogP) is 1.81. The van der Waals surface area contributed by atoms with Gasteiger partial charge in [-0.2, -0.15) is 0 Å².